The molecule has 24 heavy (non-hydrogen) atoms. The van der Waals surface area contributed by atoms with E-state index in [1.54, 1.807) is 0 Å². The van der Waals surface area contributed by atoms with Crippen molar-refractivity contribution in [3.63, 3.8) is 0 Å². The van der Waals surface area contributed by atoms with Crippen molar-refractivity contribution in [2.45, 2.75) is 26.7 Å². The highest BCUT2D eigenvalue weighted by Crippen LogP contribution is 2.38. The van der Waals surface area contributed by atoms with Gasteiger partial charge in [0.15, 0.2) is 0 Å². The van der Waals surface area contributed by atoms with Crippen molar-refractivity contribution in [1.82, 2.24) is 0 Å². The fourth-order valence-corrected chi connectivity index (χ4v) is 3.82. The summed E-state index contributed by atoms with van der Waals surface area (Å²) >= 11 is 0. The first-order valence-corrected chi connectivity index (χ1v) is 8.70. The number of aryl methyl sites for hydroxylation is 1. The summed E-state index contributed by atoms with van der Waals surface area (Å²) in [6.07, 6.45) is 6.82. The van der Waals surface area contributed by atoms with Crippen LogP contribution in [0.5, 0.6) is 0 Å². The van der Waals surface area contributed by atoms with Crippen LogP contribution in [-0.4, -0.2) is 0 Å². The number of hydrogen-bond acceptors (Lipinski definition) is 0. The lowest BCUT2D eigenvalue weighted by Crippen LogP contribution is -1.95. The van der Waals surface area contributed by atoms with Crippen molar-refractivity contribution in [3.8, 4) is 11.1 Å². The fourth-order valence-electron chi connectivity index (χ4n) is 3.82. The van der Waals surface area contributed by atoms with Gasteiger partial charge in [-0.1, -0.05) is 72.8 Å². The van der Waals surface area contributed by atoms with E-state index in [1.807, 2.05) is 0 Å². The molecule has 0 amide bonds. The summed E-state index contributed by atoms with van der Waals surface area (Å²) in [5, 5.41) is 2.71. The van der Waals surface area contributed by atoms with E-state index in [1.165, 1.54) is 44.2 Å². The van der Waals surface area contributed by atoms with E-state index in [-0.39, 0.29) is 0 Å². The summed E-state index contributed by atoms with van der Waals surface area (Å²) in [6, 6.07) is 22.1. The van der Waals surface area contributed by atoms with Gasteiger partial charge >= 0.3 is 0 Å². The minimum Gasteiger partial charge on any atom is -0.0839 e. The number of hydrogen-bond donors (Lipinski definition) is 0. The zero-order valence-corrected chi connectivity index (χ0v) is 14.3. The van der Waals surface area contributed by atoms with Crippen molar-refractivity contribution in [3.05, 3.63) is 89.5 Å². The second kappa shape index (κ2) is 6.13. The molecule has 4 rings (SSSR count). The largest absolute Gasteiger partial charge is 0.0839 e. The first kappa shape index (κ1) is 15.0. The van der Waals surface area contributed by atoms with Crippen molar-refractivity contribution >= 4 is 16.3 Å². The molecule has 0 unspecified atom stereocenters. The average molecular weight is 310 g/mol. The monoisotopic (exact) mass is 310 g/mol. The molecule has 1 aliphatic carbocycles. The van der Waals surface area contributed by atoms with Crippen LogP contribution in [-0.2, 0) is 0 Å². The summed E-state index contributed by atoms with van der Waals surface area (Å²) < 4.78 is 0. The SMILES string of the molecule is CC1=C(c2cccc3cccc(-c4ccccc4C)c23)CCC=C1. The molecule has 0 aliphatic heterocycles. The fraction of sp³-hybridized carbons (Fsp3) is 0.167. The lowest BCUT2D eigenvalue weighted by atomic mass is 9.86. The quantitative estimate of drug-likeness (QED) is 0.481. The molecule has 0 spiro atoms. The van der Waals surface area contributed by atoms with Crippen LogP contribution in [0, 0.1) is 6.92 Å². The third kappa shape index (κ3) is 2.49. The summed E-state index contributed by atoms with van der Waals surface area (Å²) in [4.78, 5) is 0. The van der Waals surface area contributed by atoms with E-state index in [9.17, 15) is 0 Å². The van der Waals surface area contributed by atoms with Crippen LogP contribution in [0.1, 0.15) is 30.9 Å². The zero-order valence-electron chi connectivity index (χ0n) is 14.3. The number of rotatable bonds is 2. The summed E-state index contributed by atoms with van der Waals surface area (Å²) in [6.45, 7) is 4.44. The van der Waals surface area contributed by atoms with Crippen molar-refractivity contribution in [2.24, 2.45) is 0 Å². The second-order valence-electron chi connectivity index (χ2n) is 6.63. The van der Waals surface area contributed by atoms with Gasteiger partial charge in [-0.05, 0) is 70.9 Å². The third-order valence-electron chi connectivity index (χ3n) is 5.07. The van der Waals surface area contributed by atoms with Gasteiger partial charge in [-0.15, -0.1) is 0 Å². The summed E-state index contributed by atoms with van der Waals surface area (Å²) in [5.74, 6) is 0. The lowest BCUT2D eigenvalue weighted by Gasteiger charge is -2.19. The molecule has 0 atom stereocenters. The first-order chi connectivity index (χ1) is 11.8. The van der Waals surface area contributed by atoms with E-state index in [2.05, 4.69) is 86.7 Å². The molecule has 0 heterocycles. The molecule has 0 saturated heterocycles. The molecule has 0 fully saturated rings. The molecular formula is C24H22. The van der Waals surface area contributed by atoms with Gasteiger partial charge in [-0.3, -0.25) is 0 Å². The molecule has 3 aromatic rings. The average Bonchev–Trinajstić information content (AvgIpc) is 2.62. The molecule has 0 heteroatoms. The van der Waals surface area contributed by atoms with Crippen LogP contribution in [0.25, 0.3) is 27.5 Å². The normalized spacial score (nSPS) is 14.4. The Hall–Kier alpha value is -2.60. The smallest absolute Gasteiger partial charge is 0.00299 e. The molecule has 1 aliphatic rings. The van der Waals surface area contributed by atoms with Crippen LogP contribution in [0.3, 0.4) is 0 Å². The van der Waals surface area contributed by atoms with Crippen LogP contribution < -0.4 is 0 Å². The van der Waals surface area contributed by atoms with Gasteiger partial charge in [-0.25, -0.2) is 0 Å². The Labute approximate surface area is 144 Å². The number of benzene rings is 3. The van der Waals surface area contributed by atoms with E-state index < -0.39 is 0 Å². The van der Waals surface area contributed by atoms with Crippen LogP contribution in [0.4, 0.5) is 0 Å². The molecule has 0 saturated carbocycles. The van der Waals surface area contributed by atoms with Gasteiger partial charge in [0.05, 0.1) is 0 Å². The van der Waals surface area contributed by atoms with Gasteiger partial charge in [0.1, 0.15) is 0 Å². The highest BCUT2D eigenvalue weighted by Gasteiger charge is 2.14. The summed E-state index contributed by atoms with van der Waals surface area (Å²) in [7, 11) is 0. The maximum atomic E-state index is 2.29. The number of allylic oxidation sites excluding steroid dienone is 4. The van der Waals surface area contributed by atoms with Crippen molar-refractivity contribution < 1.29 is 0 Å². The maximum Gasteiger partial charge on any atom is -0.00299 e. The molecule has 0 aromatic heterocycles. The Morgan fingerprint density at radius 1 is 0.708 bits per heavy atom. The molecular weight excluding hydrogens is 288 g/mol. The van der Waals surface area contributed by atoms with E-state index in [4.69, 9.17) is 0 Å². The molecule has 0 radical (unpaired) electrons. The van der Waals surface area contributed by atoms with E-state index in [0.29, 0.717) is 0 Å². The lowest BCUT2D eigenvalue weighted by molar-refractivity contribution is 1.04. The van der Waals surface area contributed by atoms with Crippen LogP contribution >= 0.6 is 0 Å². The minimum absolute atomic E-state index is 1.13. The van der Waals surface area contributed by atoms with Gasteiger partial charge in [-0.2, -0.15) is 0 Å². The highest BCUT2D eigenvalue weighted by atomic mass is 14.2. The van der Waals surface area contributed by atoms with E-state index >= 15 is 0 Å². The predicted octanol–water partition coefficient (Wildman–Crippen LogP) is 6.94. The third-order valence-corrected chi connectivity index (χ3v) is 5.07. The van der Waals surface area contributed by atoms with Gasteiger partial charge in [0, 0.05) is 0 Å². The zero-order chi connectivity index (χ0) is 16.5. The number of fused-ring (bicyclic) bond motifs is 1. The highest BCUT2D eigenvalue weighted by molar-refractivity contribution is 6.04. The summed E-state index contributed by atoms with van der Waals surface area (Å²) in [5.41, 5.74) is 8.29. The first-order valence-electron chi connectivity index (χ1n) is 8.70. The van der Waals surface area contributed by atoms with Gasteiger partial charge in [0.25, 0.3) is 0 Å². The molecule has 0 nitrogen and oxygen atoms in total. The van der Waals surface area contributed by atoms with Crippen molar-refractivity contribution in [1.29, 1.82) is 0 Å². The standard InChI is InChI=1S/C24H22/c1-17-9-3-5-13-20(17)22-15-7-11-19-12-8-16-23(24(19)22)21-14-6-4-10-18(21)2/h3-5,7-13,15-16H,6,14H2,1-2H3. The topological polar surface area (TPSA) is 0 Å². The minimum atomic E-state index is 1.13. The van der Waals surface area contributed by atoms with Crippen LogP contribution in [0.2, 0.25) is 0 Å². The predicted molar refractivity (Wildman–Crippen MR) is 105 cm³/mol. The molecule has 0 bridgehead atoms. The Morgan fingerprint density at radius 2 is 1.42 bits per heavy atom. The van der Waals surface area contributed by atoms with Gasteiger partial charge in [0.2, 0.25) is 0 Å². The Bertz CT molecular complexity index is 965. The second-order valence-corrected chi connectivity index (χ2v) is 6.63. The van der Waals surface area contributed by atoms with Gasteiger partial charge < -0.3 is 0 Å². The van der Waals surface area contributed by atoms with Crippen LogP contribution in [0.15, 0.2) is 78.4 Å². The molecule has 3 aromatic carbocycles. The maximum absolute atomic E-state index is 2.29. The Morgan fingerprint density at radius 3 is 2.17 bits per heavy atom. The van der Waals surface area contributed by atoms with E-state index in [0.717, 1.165) is 12.8 Å². The van der Waals surface area contributed by atoms with Crippen molar-refractivity contribution in [2.75, 3.05) is 0 Å². The Balaban J connectivity index is 2.07. The Kier molecular flexibility index (Phi) is 3.82. The molecule has 0 N–H and O–H groups in total. The molecule has 118 valence electrons.